The molecule has 2 aromatic rings. The van der Waals surface area contributed by atoms with Gasteiger partial charge in [-0.25, -0.2) is 0 Å². The van der Waals surface area contributed by atoms with E-state index in [1.807, 2.05) is 24.0 Å². The number of amides is 1. The van der Waals surface area contributed by atoms with Crippen LogP contribution in [0.3, 0.4) is 0 Å². The number of H-pyrrole nitrogens is 1. The Morgan fingerprint density at radius 3 is 2.81 bits per heavy atom. The average molecular weight is 350 g/mol. The van der Waals surface area contributed by atoms with Crippen molar-refractivity contribution < 1.29 is 4.79 Å². The Hall–Kier alpha value is -2.81. The molecular formula is C20H22N4O2. The summed E-state index contributed by atoms with van der Waals surface area (Å²) in [5.74, 6) is 0.779. The molecule has 1 amide bonds. The number of fused-ring (bicyclic) bond motifs is 1. The maximum atomic E-state index is 13.1. The highest BCUT2D eigenvalue weighted by atomic mass is 16.2. The smallest absolute Gasteiger partial charge is 0.266 e. The van der Waals surface area contributed by atoms with E-state index in [1.165, 1.54) is 12.8 Å². The third-order valence-electron chi connectivity index (χ3n) is 5.56. The van der Waals surface area contributed by atoms with Crippen molar-refractivity contribution in [3.8, 4) is 6.07 Å². The maximum absolute atomic E-state index is 13.1. The summed E-state index contributed by atoms with van der Waals surface area (Å²) in [5, 5.41) is 9.07. The number of hydrogen-bond acceptors (Lipinski definition) is 3. The largest absolute Gasteiger partial charge is 0.348 e. The predicted octanol–water partition coefficient (Wildman–Crippen LogP) is 2.27. The van der Waals surface area contributed by atoms with Crippen LogP contribution in [0.2, 0.25) is 0 Å². The quantitative estimate of drug-likeness (QED) is 0.922. The van der Waals surface area contributed by atoms with Gasteiger partial charge in [0.2, 0.25) is 0 Å². The predicted molar refractivity (Wildman–Crippen MR) is 96.9 cm³/mol. The maximum Gasteiger partial charge on any atom is 0.266 e. The Balaban J connectivity index is 1.60. The first kappa shape index (κ1) is 16.6. The molecule has 26 heavy (non-hydrogen) atoms. The van der Waals surface area contributed by atoms with Gasteiger partial charge in [-0.3, -0.25) is 9.59 Å². The number of nitriles is 1. The van der Waals surface area contributed by atoms with Crippen LogP contribution < -0.4 is 5.56 Å². The van der Waals surface area contributed by atoms with E-state index in [4.69, 9.17) is 5.26 Å². The number of aromatic amines is 1. The highest BCUT2D eigenvalue weighted by Crippen LogP contribution is 2.32. The summed E-state index contributed by atoms with van der Waals surface area (Å²) in [6, 6.07) is 5.52. The van der Waals surface area contributed by atoms with Crippen molar-refractivity contribution in [1.29, 1.82) is 5.26 Å². The number of aryl methyl sites for hydroxylation is 1. The van der Waals surface area contributed by atoms with Gasteiger partial charge < -0.3 is 14.5 Å². The molecule has 3 heterocycles. The van der Waals surface area contributed by atoms with Crippen molar-refractivity contribution >= 4 is 5.91 Å². The van der Waals surface area contributed by atoms with Gasteiger partial charge in [0.25, 0.3) is 11.5 Å². The number of pyridine rings is 1. The van der Waals surface area contributed by atoms with Crippen LogP contribution in [0.15, 0.2) is 16.9 Å². The second kappa shape index (κ2) is 6.17. The van der Waals surface area contributed by atoms with Crippen LogP contribution in [0, 0.1) is 31.1 Å². The second-order valence-electron chi connectivity index (χ2n) is 7.44. The second-order valence-corrected chi connectivity index (χ2v) is 7.44. The van der Waals surface area contributed by atoms with E-state index in [-0.39, 0.29) is 17.0 Å². The lowest BCUT2D eigenvalue weighted by Crippen LogP contribution is -2.37. The van der Waals surface area contributed by atoms with E-state index in [2.05, 4.69) is 16.5 Å². The molecule has 0 saturated heterocycles. The van der Waals surface area contributed by atoms with Crippen LogP contribution in [-0.4, -0.2) is 26.9 Å². The minimum Gasteiger partial charge on any atom is -0.348 e. The Kier molecular flexibility index (Phi) is 3.95. The Morgan fingerprint density at radius 2 is 2.12 bits per heavy atom. The molecule has 0 radical (unpaired) electrons. The zero-order valence-electron chi connectivity index (χ0n) is 15.1. The van der Waals surface area contributed by atoms with E-state index in [1.54, 1.807) is 6.07 Å². The number of carbonyl (C=O) groups is 1. The molecule has 0 aromatic carbocycles. The van der Waals surface area contributed by atoms with Crippen molar-refractivity contribution in [1.82, 2.24) is 14.5 Å². The lowest BCUT2D eigenvalue weighted by molar-refractivity contribution is 0.0732. The molecule has 0 spiro atoms. The number of carbonyl (C=O) groups excluding carboxylic acids is 1. The van der Waals surface area contributed by atoms with E-state index in [0.29, 0.717) is 19.5 Å². The van der Waals surface area contributed by atoms with Crippen molar-refractivity contribution in [3.05, 3.63) is 56.3 Å². The van der Waals surface area contributed by atoms with E-state index >= 15 is 0 Å². The summed E-state index contributed by atoms with van der Waals surface area (Å²) < 4.78 is 2.26. The van der Waals surface area contributed by atoms with Gasteiger partial charge in [0.15, 0.2) is 0 Å². The first-order chi connectivity index (χ1) is 12.5. The zero-order valence-corrected chi connectivity index (χ0v) is 15.1. The first-order valence-electron chi connectivity index (χ1n) is 9.09. The van der Waals surface area contributed by atoms with Crippen LogP contribution in [-0.2, 0) is 19.5 Å². The molecule has 1 saturated carbocycles. The molecule has 0 unspecified atom stereocenters. The summed E-state index contributed by atoms with van der Waals surface area (Å²) in [6.45, 7) is 6.07. The van der Waals surface area contributed by atoms with Crippen molar-refractivity contribution in [2.75, 3.05) is 6.54 Å². The Bertz CT molecular complexity index is 988. The fourth-order valence-electron chi connectivity index (χ4n) is 3.79. The van der Waals surface area contributed by atoms with Gasteiger partial charge in [-0.2, -0.15) is 5.26 Å². The van der Waals surface area contributed by atoms with Gasteiger partial charge in [-0.05, 0) is 50.3 Å². The van der Waals surface area contributed by atoms with Gasteiger partial charge in [0.05, 0.1) is 5.56 Å². The molecule has 6 heteroatoms. The molecule has 1 aliphatic carbocycles. The summed E-state index contributed by atoms with van der Waals surface area (Å²) in [4.78, 5) is 29.5. The monoisotopic (exact) mass is 350 g/mol. The molecular weight excluding hydrogens is 328 g/mol. The highest BCUT2D eigenvalue weighted by molar-refractivity contribution is 5.95. The van der Waals surface area contributed by atoms with Gasteiger partial charge in [-0.15, -0.1) is 0 Å². The summed E-state index contributed by atoms with van der Waals surface area (Å²) in [7, 11) is 0. The van der Waals surface area contributed by atoms with Gasteiger partial charge >= 0.3 is 0 Å². The molecule has 0 atom stereocenters. The lowest BCUT2D eigenvalue weighted by Gasteiger charge is -2.28. The lowest BCUT2D eigenvalue weighted by atomic mass is 10.0. The Labute approximate surface area is 152 Å². The first-order valence-corrected chi connectivity index (χ1v) is 9.09. The third-order valence-corrected chi connectivity index (χ3v) is 5.56. The molecule has 6 nitrogen and oxygen atoms in total. The van der Waals surface area contributed by atoms with Gasteiger partial charge in [0, 0.05) is 43.1 Å². The Morgan fingerprint density at radius 1 is 1.35 bits per heavy atom. The van der Waals surface area contributed by atoms with Crippen LogP contribution in [0.25, 0.3) is 0 Å². The normalized spacial score (nSPS) is 16.3. The standard InChI is InChI=1S/C20H22N4O2/c1-12-7-17(13(2)24(12)10-14-3-4-14)20(26)23-6-5-18-16(11-23)8-15(9-21)19(25)22-18/h7-8,14H,3-6,10-11H2,1-2H3,(H,22,25). The zero-order chi connectivity index (χ0) is 18.4. The molecule has 1 fully saturated rings. The molecule has 2 aromatic heterocycles. The van der Waals surface area contributed by atoms with Crippen LogP contribution >= 0.6 is 0 Å². The van der Waals surface area contributed by atoms with Crippen LogP contribution in [0.4, 0.5) is 0 Å². The number of nitrogens with zero attached hydrogens (tertiary/aromatic N) is 3. The SMILES string of the molecule is Cc1cc(C(=O)N2CCc3[nH]c(=O)c(C#N)cc3C2)c(C)n1CC1CC1. The van der Waals surface area contributed by atoms with Crippen LogP contribution in [0.5, 0.6) is 0 Å². The molecule has 2 aliphatic rings. The van der Waals surface area contributed by atoms with Crippen molar-refractivity contribution in [2.24, 2.45) is 5.92 Å². The molecule has 1 N–H and O–H groups in total. The van der Waals surface area contributed by atoms with E-state index < -0.39 is 0 Å². The molecule has 1 aliphatic heterocycles. The third kappa shape index (κ3) is 2.84. The van der Waals surface area contributed by atoms with Crippen LogP contribution in [0.1, 0.15) is 51.4 Å². The topological polar surface area (TPSA) is 81.9 Å². The summed E-state index contributed by atoms with van der Waals surface area (Å²) >= 11 is 0. The number of hydrogen-bond donors (Lipinski definition) is 1. The van der Waals surface area contributed by atoms with Crippen molar-refractivity contribution in [2.45, 2.75) is 46.2 Å². The van der Waals surface area contributed by atoms with Gasteiger partial charge in [-0.1, -0.05) is 0 Å². The van der Waals surface area contributed by atoms with Gasteiger partial charge in [0.1, 0.15) is 11.6 Å². The number of nitrogens with one attached hydrogen (secondary N) is 1. The summed E-state index contributed by atoms with van der Waals surface area (Å²) in [5.41, 5.74) is 4.35. The average Bonchev–Trinajstić information content (AvgIpc) is 3.41. The molecule has 4 rings (SSSR count). The minimum atomic E-state index is -0.352. The van der Waals surface area contributed by atoms with E-state index in [0.717, 1.165) is 40.7 Å². The fourth-order valence-corrected chi connectivity index (χ4v) is 3.79. The number of rotatable bonds is 3. The highest BCUT2D eigenvalue weighted by Gasteiger charge is 2.28. The minimum absolute atomic E-state index is 0.0236. The van der Waals surface area contributed by atoms with E-state index in [9.17, 15) is 9.59 Å². The molecule has 0 bridgehead atoms. The number of aromatic nitrogens is 2. The van der Waals surface area contributed by atoms with Crippen molar-refractivity contribution in [3.63, 3.8) is 0 Å². The molecule has 134 valence electrons. The fraction of sp³-hybridized carbons (Fsp3) is 0.450. The summed E-state index contributed by atoms with van der Waals surface area (Å²) in [6.07, 6.45) is 3.16.